The van der Waals surface area contributed by atoms with Crippen molar-refractivity contribution in [1.82, 2.24) is 0 Å². The molecule has 1 N–H and O–H groups in total. The Kier molecular flexibility index (Phi) is 7.22. The number of carbonyl (C=O) groups is 2. The van der Waals surface area contributed by atoms with Crippen LogP contribution >= 0.6 is 0 Å². The fraction of sp³-hybridized carbons (Fsp3) is 0.200. The Bertz CT molecular complexity index is 984. The second-order valence-electron chi connectivity index (χ2n) is 6.84. The number of nitrogens with one attached hydrogen (secondary N) is 1. The molecule has 0 spiro atoms. The van der Waals surface area contributed by atoms with Crippen LogP contribution in [-0.4, -0.2) is 18.0 Å². The average molecular weight is 403 g/mol. The van der Waals surface area contributed by atoms with Crippen molar-refractivity contribution in [3.05, 3.63) is 95.6 Å². The lowest BCUT2D eigenvalue weighted by Crippen LogP contribution is -2.26. The lowest BCUT2D eigenvalue weighted by molar-refractivity contribution is -0.152. The van der Waals surface area contributed by atoms with Crippen molar-refractivity contribution < 1.29 is 19.1 Å². The van der Waals surface area contributed by atoms with Crippen molar-refractivity contribution in [2.75, 3.05) is 5.32 Å². The van der Waals surface area contributed by atoms with E-state index in [-0.39, 0.29) is 12.5 Å². The first kappa shape index (κ1) is 21.1. The molecule has 3 aromatic carbocycles. The second kappa shape index (κ2) is 10.3. The molecule has 5 heteroatoms. The van der Waals surface area contributed by atoms with E-state index in [1.807, 2.05) is 61.5 Å². The van der Waals surface area contributed by atoms with Gasteiger partial charge in [-0.15, -0.1) is 0 Å². The van der Waals surface area contributed by atoms with Crippen LogP contribution in [-0.2, 0) is 22.6 Å². The predicted molar refractivity (Wildman–Crippen MR) is 117 cm³/mol. The molecule has 0 saturated carbocycles. The first-order valence-corrected chi connectivity index (χ1v) is 9.93. The van der Waals surface area contributed by atoms with E-state index < -0.39 is 12.1 Å². The SMILES string of the molecule is CCc1ccccc1NC(=O)c1ccc(OC(C)C(=O)OCc2ccccc2)cc1. The van der Waals surface area contributed by atoms with Crippen molar-refractivity contribution in [3.8, 4) is 5.75 Å². The Morgan fingerprint density at radius 3 is 2.27 bits per heavy atom. The third-order valence-electron chi connectivity index (χ3n) is 4.63. The summed E-state index contributed by atoms with van der Waals surface area (Å²) in [4.78, 5) is 24.7. The summed E-state index contributed by atoms with van der Waals surface area (Å²) >= 11 is 0. The normalized spacial score (nSPS) is 11.4. The maximum Gasteiger partial charge on any atom is 0.347 e. The number of aryl methyl sites for hydroxylation is 1. The zero-order valence-electron chi connectivity index (χ0n) is 17.1. The van der Waals surface area contributed by atoms with Crippen LogP contribution in [0.5, 0.6) is 5.75 Å². The highest BCUT2D eigenvalue weighted by Crippen LogP contribution is 2.19. The highest BCUT2D eigenvalue weighted by atomic mass is 16.6. The van der Waals surface area contributed by atoms with E-state index in [9.17, 15) is 9.59 Å². The van der Waals surface area contributed by atoms with Gasteiger partial charge in [0, 0.05) is 11.3 Å². The Balaban J connectivity index is 1.54. The maximum absolute atomic E-state index is 12.5. The zero-order chi connectivity index (χ0) is 21.3. The van der Waals surface area contributed by atoms with Gasteiger partial charge in [0.15, 0.2) is 6.10 Å². The van der Waals surface area contributed by atoms with Crippen LogP contribution < -0.4 is 10.1 Å². The average Bonchev–Trinajstić information content (AvgIpc) is 2.79. The molecule has 5 nitrogen and oxygen atoms in total. The van der Waals surface area contributed by atoms with Crippen LogP contribution in [0.25, 0.3) is 0 Å². The number of amides is 1. The summed E-state index contributed by atoms with van der Waals surface area (Å²) in [6.07, 6.45) is 0.0754. The molecule has 1 atom stereocenters. The van der Waals surface area contributed by atoms with Crippen LogP contribution in [0, 0.1) is 0 Å². The van der Waals surface area contributed by atoms with E-state index in [1.54, 1.807) is 31.2 Å². The molecule has 3 aromatic rings. The molecule has 0 heterocycles. The number of hydrogen-bond acceptors (Lipinski definition) is 4. The molecule has 3 rings (SSSR count). The van der Waals surface area contributed by atoms with Gasteiger partial charge in [-0.25, -0.2) is 4.79 Å². The van der Waals surface area contributed by atoms with Crippen LogP contribution in [0.15, 0.2) is 78.9 Å². The molecule has 0 aromatic heterocycles. The van der Waals surface area contributed by atoms with Gasteiger partial charge >= 0.3 is 5.97 Å². The monoisotopic (exact) mass is 403 g/mol. The minimum Gasteiger partial charge on any atom is -0.479 e. The summed E-state index contributed by atoms with van der Waals surface area (Å²) in [5.41, 5.74) is 3.30. The Hall–Kier alpha value is -3.60. The van der Waals surface area contributed by atoms with Crippen molar-refractivity contribution >= 4 is 17.6 Å². The van der Waals surface area contributed by atoms with Gasteiger partial charge in [0.05, 0.1) is 0 Å². The number of anilines is 1. The number of carbonyl (C=O) groups excluding carboxylic acids is 2. The Labute approximate surface area is 176 Å². The lowest BCUT2D eigenvalue weighted by atomic mass is 10.1. The van der Waals surface area contributed by atoms with Crippen LogP contribution in [0.3, 0.4) is 0 Å². The number of hydrogen-bond donors (Lipinski definition) is 1. The quantitative estimate of drug-likeness (QED) is 0.537. The van der Waals surface area contributed by atoms with E-state index in [0.29, 0.717) is 11.3 Å². The molecule has 0 aliphatic carbocycles. The van der Waals surface area contributed by atoms with Gasteiger partial charge in [-0.3, -0.25) is 4.79 Å². The second-order valence-corrected chi connectivity index (χ2v) is 6.84. The fourth-order valence-corrected chi connectivity index (χ4v) is 2.93. The minimum atomic E-state index is -0.759. The topological polar surface area (TPSA) is 64.6 Å². The van der Waals surface area contributed by atoms with Crippen molar-refractivity contribution in [2.45, 2.75) is 33.0 Å². The molecule has 1 unspecified atom stereocenters. The van der Waals surface area contributed by atoms with Gasteiger partial charge in [-0.2, -0.15) is 0 Å². The van der Waals surface area contributed by atoms with E-state index in [2.05, 4.69) is 5.32 Å². The first-order chi connectivity index (χ1) is 14.6. The largest absolute Gasteiger partial charge is 0.479 e. The van der Waals surface area contributed by atoms with Gasteiger partial charge in [-0.1, -0.05) is 55.5 Å². The number of esters is 1. The molecule has 0 aliphatic rings. The van der Waals surface area contributed by atoms with Gasteiger partial charge in [0.25, 0.3) is 5.91 Å². The summed E-state index contributed by atoms with van der Waals surface area (Å²) in [7, 11) is 0. The fourth-order valence-electron chi connectivity index (χ4n) is 2.93. The number of ether oxygens (including phenoxy) is 2. The summed E-state index contributed by atoms with van der Waals surface area (Å²) < 4.78 is 10.9. The molecular weight excluding hydrogens is 378 g/mol. The molecule has 154 valence electrons. The van der Waals surface area contributed by atoms with E-state index in [4.69, 9.17) is 9.47 Å². The highest BCUT2D eigenvalue weighted by molar-refractivity contribution is 6.04. The smallest absolute Gasteiger partial charge is 0.347 e. The molecule has 0 saturated heterocycles. The molecule has 0 bridgehead atoms. The third kappa shape index (κ3) is 5.70. The zero-order valence-corrected chi connectivity index (χ0v) is 17.1. The third-order valence-corrected chi connectivity index (χ3v) is 4.63. The van der Waals surface area contributed by atoms with E-state index in [1.165, 1.54) is 0 Å². The Morgan fingerprint density at radius 1 is 0.900 bits per heavy atom. The van der Waals surface area contributed by atoms with Gasteiger partial charge in [-0.05, 0) is 54.8 Å². The summed E-state index contributed by atoms with van der Waals surface area (Å²) in [6.45, 7) is 3.88. The first-order valence-electron chi connectivity index (χ1n) is 9.93. The summed E-state index contributed by atoms with van der Waals surface area (Å²) in [6, 6.07) is 23.9. The number of para-hydroxylation sites is 1. The number of rotatable bonds is 8. The Morgan fingerprint density at radius 2 is 1.57 bits per heavy atom. The van der Waals surface area contributed by atoms with E-state index >= 15 is 0 Å². The van der Waals surface area contributed by atoms with Gasteiger partial charge in [0.2, 0.25) is 0 Å². The van der Waals surface area contributed by atoms with Gasteiger partial charge in [0.1, 0.15) is 12.4 Å². The van der Waals surface area contributed by atoms with Crippen molar-refractivity contribution in [1.29, 1.82) is 0 Å². The van der Waals surface area contributed by atoms with Gasteiger partial charge < -0.3 is 14.8 Å². The lowest BCUT2D eigenvalue weighted by Gasteiger charge is -2.14. The minimum absolute atomic E-state index is 0.197. The molecule has 0 aliphatic heterocycles. The van der Waals surface area contributed by atoms with Crippen LogP contribution in [0.4, 0.5) is 5.69 Å². The van der Waals surface area contributed by atoms with Crippen molar-refractivity contribution in [2.24, 2.45) is 0 Å². The predicted octanol–water partition coefficient (Wildman–Crippen LogP) is 5.01. The summed E-state index contributed by atoms with van der Waals surface area (Å²) in [5, 5.41) is 2.93. The maximum atomic E-state index is 12.5. The molecular formula is C25H25NO4. The number of benzene rings is 3. The summed E-state index contributed by atoms with van der Waals surface area (Å²) in [5.74, 6) is -0.153. The standard InChI is InChI=1S/C25H25NO4/c1-3-20-11-7-8-12-23(20)26-24(27)21-13-15-22(16-14-21)30-18(2)25(28)29-17-19-9-5-4-6-10-19/h4-16,18H,3,17H2,1-2H3,(H,26,27). The molecule has 0 radical (unpaired) electrons. The van der Waals surface area contributed by atoms with Crippen LogP contribution in [0.1, 0.15) is 35.3 Å². The molecule has 1 amide bonds. The molecule has 0 fully saturated rings. The molecule has 30 heavy (non-hydrogen) atoms. The highest BCUT2D eigenvalue weighted by Gasteiger charge is 2.17. The van der Waals surface area contributed by atoms with Crippen molar-refractivity contribution in [3.63, 3.8) is 0 Å². The van der Waals surface area contributed by atoms with E-state index in [0.717, 1.165) is 23.2 Å². The van der Waals surface area contributed by atoms with Crippen LogP contribution in [0.2, 0.25) is 0 Å².